The minimum absolute atomic E-state index is 0.0140. The molecule has 0 unspecified atom stereocenters. The zero-order valence-corrected chi connectivity index (χ0v) is 17.4. The number of amides is 1. The van der Waals surface area contributed by atoms with Crippen LogP contribution in [0.2, 0.25) is 0 Å². The van der Waals surface area contributed by atoms with E-state index < -0.39 is 0 Å². The number of hydrogen-bond donors (Lipinski definition) is 1. The summed E-state index contributed by atoms with van der Waals surface area (Å²) < 4.78 is 10.7. The second kappa shape index (κ2) is 9.59. The van der Waals surface area contributed by atoms with Crippen molar-refractivity contribution < 1.29 is 19.1 Å². The van der Waals surface area contributed by atoms with Gasteiger partial charge in [-0.2, -0.15) is 0 Å². The van der Waals surface area contributed by atoms with Crippen LogP contribution in [-0.4, -0.2) is 25.9 Å². The summed E-state index contributed by atoms with van der Waals surface area (Å²) in [5.74, 6) is 1.24. The van der Waals surface area contributed by atoms with Crippen molar-refractivity contribution in [1.82, 2.24) is 5.32 Å². The Kier molecular flexibility index (Phi) is 6.91. The van der Waals surface area contributed by atoms with Gasteiger partial charge in [0.05, 0.1) is 20.3 Å². The molecule has 0 aromatic heterocycles. The lowest BCUT2D eigenvalue weighted by atomic mass is 9.89. The summed E-state index contributed by atoms with van der Waals surface area (Å²) in [6, 6.07) is 11.2. The molecule has 1 aliphatic rings. The Bertz CT molecular complexity index is 890. The number of Topliss-reactive ketones (excluding diaryl/α,β-unsaturated/α-hetero) is 1. The molecule has 154 valence electrons. The van der Waals surface area contributed by atoms with Crippen LogP contribution in [0.5, 0.6) is 11.5 Å². The van der Waals surface area contributed by atoms with Gasteiger partial charge in [0.1, 0.15) is 11.5 Å². The van der Waals surface area contributed by atoms with E-state index >= 15 is 0 Å². The summed E-state index contributed by atoms with van der Waals surface area (Å²) in [5, 5.41) is 2.95. The number of benzene rings is 2. The maximum atomic E-state index is 12.6. The van der Waals surface area contributed by atoms with Crippen molar-refractivity contribution in [2.45, 2.75) is 51.5 Å². The second-order valence-electron chi connectivity index (χ2n) is 7.51. The average Bonchev–Trinajstić information content (AvgIpc) is 2.76. The van der Waals surface area contributed by atoms with Crippen LogP contribution in [0.1, 0.15) is 65.7 Å². The average molecular weight is 395 g/mol. The molecule has 1 atom stereocenters. The van der Waals surface area contributed by atoms with Crippen molar-refractivity contribution in [3.8, 4) is 11.5 Å². The van der Waals surface area contributed by atoms with Gasteiger partial charge in [0, 0.05) is 24.0 Å². The Morgan fingerprint density at radius 3 is 2.45 bits per heavy atom. The number of rotatable bonds is 8. The molecule has 3 rings (SSSR count). The molecule has 2 aromatic carbocycles. The summed E-state index contributed by atoms with van der Waals surface area (Å²) in [6.45, 7) is 1.89. The fraction of sp³-hybridized carbons (Fsp3) is 0.417. The number of ketones is 1. The highest BCUT2D eigenvalue weighted by atomic mass is 16.5. The van der Waals surface area contributed by atoms with Crippen LogP contribution in [-0.2, 0) is 17.6 Å². The number of carbonyl (C=O) groups is 2. The fourth-order valence-corrected chi connectivity index (χ4v) is 3.85. The van der Waals surface area contributed by atoms with E-state index in [0.29, 0.717) is 17.1 Å². The molecule has 1 N–H and O–H groups in total. The number of aryl methyl sites for hydroxylation is 2. The van der Waals surface area contributed by atoms with Gasteiger partial charge in [-0.15, -0.1) is 0 Å². The van der Waals surface area contributed by atoms with Gasteiger partial charge >= 0.3 is 0 Å². The van der Waals surface area contributed by atoms with E-state index in [1.807, 2.05) is 37.3 Å². The summed E-state index contributed by atoms with van der Waals surface area (Å²) >= 11 is 0. The molecule has 0 aliphatic heterocycles. The van der Waals surface area contributed by atoms with Gasteiger partial charge in [-0.05, 0) is 68.0 Å². The van der Waals surface area contributed by atoms with E-state index in [4.69, 9.17) is 9.47 Å². The third-order valence-corrected chi connectivity index (χ3v) is 5.53. The van der Waals surface area contributed by atoms with Crippen molar-refractivity contribution in [3.63, 3.8) is 0 Å². The van der Waals surface area contributed by atoms with Crippen molar-refractivity contribution in [2.24, 2.45) is 0 Å². The molecule has 5 heteroatoms. The zero-order chi connectivity index (χ0) is 20.8. The van der Waals surface area contributed by atoms with E-state index in [2.05, 4.69) is 11.4 Å². The van der Waals surface area contributed by atoms with Crippen molar-refractivity contribution >= 4 is 11.7 Å². The first-order valence-electron chi connectivity index (χ1n) is 10.2. The van der Waals surface area contributed by atoms with Crippen LogP contribution >= 0.6 is 0 Å². The van der Waals surface area contributed by atoms with Gasteiger partial charge in [0.25, 0.3) is 0 Å². The molecule has 5 nitrogen and oxygen atoms in total. The van der Waals surface area contributed by atoms with Crippen LogP contribution < -0.4 is 14.8 Å². The topological polar surface area (TPSA) is 64.6 Å². The summed E-state index contributed by atoms with van der Waals surface area (Å²) in [5.41, 5.74) is 4.18. The summed E-state index contributed by atoms with van der Waals surface area (Å²) in [7, 11) is 3.19. The minimum Gasteiger partial charge on any atom is -0.497 e. The Labute approximate surface area is 172 Å². The number of hydrogen-bond acceptors (Lipinski definition) is 4. The fourth-order valence-electron chi connectivity index (χ4n) is 3.85. The highest BCUT2D eigenvalue weighted by Crippen LogP contribution is 2.29. The van der Waals surface area contributed by atoms with Gasteiger partial charge in [-0.25, -0.2) is 0 Å². The first kappa shape index (κ1) is 20.9. The van der Waals surface area contributed by atoms with E-state index in [0.717, 1.165) is 18.4 Å². The molecular weight excluding hydrogens is 366 g/mol. The zero-order valence-electron chi connectivity index (χ0n) is 17.4. The van der Waals surface area contributed by atoms with Gasteiger partial charge in [0.15, 0.2) is 5.78 Å². The molecule has 29 heavy (non-hydrogen) atoms. The van der Waals surface area contributed by atoms with Crippen LogP contribution in [0.3, 0.4) is 0 Å². The van der Waals surface area contributed by atoms with Gasteiger partial charge < -0.3 is 14.8 Å². The molecule has 2 aromatic rings. The molecule has 1 amide bonds. The van der Waals surface area contributed by atoms with E-state index in [1.54, 1.807) is 14.2 Å². The van der Waals surface area contributed by atoms with E-state index in [1.165, 1.54) is 24.0 Å². The Morgan fingerprint density at radius 2 is 1.72 bits per heavy atom. The van der Waals surface area contributed by atoms with Gasteiger partial charge in [-0.1, -0.05) is 12.1 Å². The van der Waals surface area contributed by atoms with Gasteiger partial charge in [0.2, 0.25) is 5.91 Å². The summed E-state index contributed by atoms with van der Waals surface area (Å²) in [4.78, 5) is 25.0. The van der Waals surface area contributed by atoms with Crippen molar-refractivity contribution in [1.29, 1.82) is 0 Å². The van der Waals surface area contributed by atoms with Crippen LogP contribution in [0.15, 0.2) is 36.4 Å². The quantitative estimate of drug-likeness (QED) is 0.672. The molecule has 0 bridgehead atoms. The van der Waals surface area contributed by atoms with E-state index in [9.17, 15) is 9.59 Å². The molecule has 0 heterocycles. The molecule has 0 fully saturated rings. The SMILES string of the molecule is COc1ccc(OC)c([C@H](C)NC(=O)CCC(=O)c2ccc3c(c2)CCCC3)c1. The molecular formula is C24H29NO4. The normalized spacial score (nSPS) is 13.9. The predicted octanol–water partition coefficient (Wildman–Crippen LogP) is 4.42. The third kappa shape index (κ3) is 5.17. The van der Waals surface area contributed by atoms with Gasteiger partial charge in [-0.3, -0.25) is 9.59 Å². The number of fused-ring (bicyclic) bond motifs is 1. The van der Waals surface area contributed by atoms with Crippen LogP contribution in [0, 0.1) is 0 Å². The van der Waals surface area contributed by atoms with E-state index in [-0.39, 0.29) is 30.6 Å². The first-order valence-corrected chi connectivity index (χ1v) is 10.2. The maximum Gasteiger partial charge on any atom is 0.220 e. The molecule has 0 spiro atoms. The molecule has 0 saturated heterocycles. The van der Waals surface area contributed by atoms with Crippen LogP contribution in [0.4, 0.5) is 0 Å². The number of methoxy groups -OCH3 is 2. The Balaban J connectivity index is 1.57. The standard InChI is InChI=1S/C24H29NO4/c1-16(21-15-20(28-2)10-12-23(21)29-3)25-24(27)13-11-22(26)19-9-8-17-6-4-5-7-18(17)14-19/h8-10,12,14-16H,4-7,11,13H2,1-3H3,(H,25,27)/t16-/m0/s1. The second-order valence-corrected chi connectivity index (χ2v) is 7.51. The molecule has 1 aliphatic carbocycles. The van der Waals surface area contributed by atoms with Crippen LogP contribution in [0.25, 0.3) is 0 Å². The predicted molar refractivity (Wildman–Crippen MR) is 113 cm³/mol. The lowest BCUT2D eigenvalue weighted by Gasteiger charge is -2.18. The minimum atomic E-state index is -0.258. The first-order chi connectivity index (χ1) is 14.0. The number of ether oxygens (including phenoxy) is 2. The lowest BCUT2D eigenvalue weighted by Crippen LogP contribution is -2.27. The smallest absolute Gasteiger partial charge is 0.220 e. The highest BCUT2D eigenvalue weighted by molar-refractivity contribution is 5.98. The molecule has 0 saturated carbocycles. The highest BCUT2D eigenvalue weighted by Gasteiger charge is 2.17. The number of nitrogens with one attached hydrogen (secondary N) is 1. The maximum absolute atomic E-state index is 12.6. The Hall–Kier alpha value is -2.82. The monoisotopic (exact) mass is 395 g/mol. The van der Waals surface area contributed by atoms with Crippen molar-refractivity contribution in [3.05, 3.63) is 58.7 Å². The lowest BCUT2D eigenvalue weighted by molar-refractivity contribution is -0.121. The Morgan fingerprint density at radius 1 is 0.966 bits per heavy atom. The third-order valence-electron chi connectivity index (χ3n) is 5.53. The number of carbonyl (C=O) groups excluding carboxylic acids is 2. The molecule has 0 radical (unpaired) electrons. The summed E-state index contributed by atoms with van der Waals surface area (Å²) in [6.07, 6.45) is 4.89. The largest absolute Gasteiger partial charge is 0.497 e. The van der Waals surface area contributed by atoms with Crippen molar-refractivity contribution in [2.75, 3.05) is 14.2 Å².